The topological polar surface area (TPSA) is 92.2 Å². The third kappa shape index (κ3) is 3.86. The van der Waals surface area contributed by atoms with Crippen molar-refractivity contribution in [2.45, 2.75) is 6.54 Å². The lowest BCUT2D eigenvalue weighted by Crippen LogP contribution is -2.23. The summed E-state index contributed by atoms with van der Waals surface area (Å²) in [6.07, 6.45) is 2.86. The van der Waals surface area contributed by atoms with Gasteiger partial charge in [0.2, 0.25) is 0 Å². The van der Waals surface area contributed by atoms with Crippen molar-refractivity contribution in [2.24, 2.45) is 0 Å². The molecule has 6 nitrogen and oxygen atoms in total. The summed E-state index contributed by atoms with van der Waals surface area (Å²) in [6, 6.07) is 7.78. The van der Waals surface area contributed by atoms with Crippen LogP contribution in [0.25, 0.3) is 11.1 Å². The average molecular weight is 357 g/mol. The van der Waals surface area contributed by atoms with Crippen LogP contribution in [0.3, 0.4) is 0 Å². The van der Waals surface area contributed by atoms with Crippen molar-refractivity contribution in [1.29, 1.82) is 0 Å². The lowest BCUT2D eigenvalue weighted by molar-refractivity contribution is 0.0691. The Kier molecular flexibility index (Phi) is 4.80. The second-order valence-corrected chi connectivity index (χ2v) is 6.00. The molecule has 0 fully saturated rings. The molecule has 0 saturated heterocycles. The zero-order valence-electron chi connectivity index (χ0n) is 12.8. The number of nitrogens with zero attached hydrogens (tertiary/aromatic N) is 2. The molecule has 0 bridgehead atoms. The van der Waals surface area contributed by atoms with Gasteiger partial charge in [-0.05, 0) is 12.1 Å². The minimum Gasteiger partial charge on any atom is -0.476 e. The van der Waals surface area contributed by atoms with Crippen molar-refractivity contribution in [3.63, 3.8) is 0 Å². The summed E-state index contributed by atoms with van der Waals surface area (Å²) < 4.78 is 13.9. The molecule has 1 aromatic carbocycles. The van der Waals surface area contributed by atoms with Gasteiger partial charge in [-0.1, -0.05) is 18.2 Å². The summed E-state index contributed by atoms with van der Waals surface area (Å²) in [5.74, 6) is -1.92. The lowest BCUT2D eigenvalue weighted by Gasteiger charge is -2.06. The molecule has 0 aliphatic carbocycles. The molecule has 0 saturated carbocycles. The molecule has 2 heterocycles. The number of thiazole rings is 1. The molecule has 2 aromatic heterocycles. The monoisotopic (exact) mass is 357 g/mol. The van der Waals surface area contributed by atoms with Gasteiger partial charge in [-0.25, -0.2) is 14.2 Å². The average Bonchev–Trinajstić information content (AvgIpc) is 3.09. The molecule has 3 aromatic rings. The SMILES string of the molecule is O=C(NCc1nc(C(=O)O)cs1)c1cncc(-c2ccccc2F)c1. The number of aromatic carboxylic acids is 1. The molecule has 0 aliphatic rings. The number of carboxylic acid groups (broad SMARTS) is 1. The Morgan fingerprint density at radius 2 is 2.04 bits per heavy atom. The second-order valence-electron chi connectivity index (χ2n) is 5.06. The smallest absolute Gasteiger partial charge is 0.355 e. The van der Waals surface area contributed by atoms with Crippen molar-refractivity contribution >= 4 is 23.2 Å². The molecule has 25 heavy (non-hydrogen) atoms. The van der Waals surface area contributed by atoms with Gasteiger partial charge in [0.25, 0.3) is 5.91 Å². The normalized spacial score (nSPS) is 10.4. The summed E-state index contributed by atoms with van der Waals surface area (Å²) in [4.78, 5) is 30.9. The molecule has 0 atom stereocenters. The number of benzene rings is 1. The Labute approximate surface area is 146 Å². The van der Waals surface area contributed by atoms with E-state index in [0.717, 1.165) is 11.3 Å². The van der Waals surface area contributed by atoms with Gasteiger partial charge in [-0.2, -0.15) is 0 Å². The Hall–Kier alpha value is -3.13. The fourth-order valence-electron chi connectivity index (χ4n) is 2.15. The first kappa shape index (κ1) is 16.7. The van der Waals surface area contributed by atoms with Crippen LogP contribution in [0.2, 0.25) is 0 Å². The van der Waals surface area contributed by atoms with Crippen molar-refractivity contribution in [1.82, 2.24) is 15.3 Å². The van der Waals surface area contributed by atoms with Crippen LogP contribution in [0.4, 0.5) is 4.39 Å². The Morgan fingerprint density at radius 1 is 1.24 bits per heavy atom. The fourth-order valence-corrected chi connectivity index (χ4v) is 2.86. The van der Waals surface area contributed by atoms with Gasteiger partial charge < -0.3 is 10.4 Å². The first-order chi connectivity index (χ1) is 12.0. The van der Waals surface area contributed by atoms with Crippen LogP contribution in [0.5, 0.6) is 0 Å². The van der Waals surface area contributed by atoms with E-state index < -0.39 is 17.7 Å². The number of hydrogen-bond donors (Lipinski definition) is 2. The largest absolute Gasteiger partial charge is 0.476 e. The summed E-state index contributed by atoms with van der Waals surface area (Å²) in [5.41, 5.74) is 1.07. The summed E-state index contributed by atoms with van der Waals surface area (Å²) in [6.45, 7) is 0.0979. The molecule has 0 spiro atoms. The zero-order chi connectivity index (χ0) is 17.8. The third-order valence-corrected chi connectivity index (χ3v) is 4.21. The van der Waals surface area contributed by atoms with Gasteiger partial charge in [0.15, 0.2) is 5.69 Å². The minimum absolute atomic E-state index is 0.0579. The van der Waals surface area contributed by atoms with E-state index in [9.17, 15) is 14.0 Å². The van der Waals surface area contributed by atoms with Gasteiger partial charge in [0.05, 0.1) is 12.1 Å². The summed E-state index contributed by atoms with van der Waals surface area (Å²) in [5, 5.41) is 13.4. The number of hydrogen-bond acceptors (Lipinski definition) is 5. The standard InChI is InChI=1S/C17H12FN3O3S/c18-13-4-2-1-3-12(13)10-5-11(7-19-6-10)16(22)20-8-15-21-14(9-25-15)17(23)24/h1-7,9H,8H2,(H,20,22)(H,23,24). The van der Waals surface area contributed by atoms with Gasteiger partial charge in [0.1, 0.15) is 10.8 Å². The van der Waals surface area contributed by atoms with E-state index in [0.29, 0.717) is 16.1 Å². The fraction of sp³-hybridized carbons (Fsp3) is 0.0588. The Bertz CT molecular complexity index is 942. The molecule has 0 aliphatic heterocycles. The number of carboxylic acids is 1. The first-order valence-corrected chi connectivity index (χ1v) is 8.08. The van der Waals surface area contributed by atoms with Crippen molar-refractivity contribution in [2.75, 3.05) is 0 Å². The van der Waals surface area contributed by atoms with Crippen LogP contribution >= 0.6 is 11.3 Å². The molecular formula is C17H12FN3O3S. The van der Waals surface area contributed by atoms with Crippen LogP contribution in [-0.2, 0) is 6.54 Å². The maximum absolute atomic E-state index is 13.9. The highest BCUT2D eigenvalue weighted by molar-refractivity contribution is 7.09. The second kappa shape index (κ2) is 7.18. The molecule has 1 amide bonds. The number of pyridine rings is 1. The maximum Gasteiger partial charge on any atom is 0.355 e. The predicted octanol–water partition coefficient (Wildman–Crippen LogP) is 2.97. The van der Waals surface area contributed by atoms with E-state index in [-0.39, 0.29) is 17.8 Å². The number of halogens is 1. The maximum atomic E-state index is 13.9. The molecule has 126 valence electrons. The van der Waals surface area contributed by atoms with Crippen LogP contribution in [0.15, 0.2) is 48.1 Å². The van der Waals surface area contributed by atoms with E-state index >= 15 is 0 Å². The van der Waals surface area contributed by atoms with E-state index in [1.54, 1.807) is 24.3 Å². The lowest BCUT2D eigenvalue weighted by atomic mass is 10.1. The molecule has 0 radical (unpaired) electrons. The first-order valence-electron chi connectivity index (χ1n) is 7.20. The van der Waals surface area contributed by atoms with E-state index in [1.165, 1.54) is 23.8 Å². The third-order valence-electron chi connectivity index (χ3n) is 3.36. The quantitative estimate of drug-likeness (QED) is 0.732. The molecular weight excluding hydrogens is 345 g/mol. The summed E-state index contributed by atoms with van der Waals surface area (Å²) >= 11 is 1.15. The highest BCUT2D eigenvalue weighted by Crippen LogP contribution is 2.22. The van der Waals surface area contributed by atoms with Gasteiger partial charge in [0, 0.05) is 28.9 Å². The van der Waals surface area contributed by atoms with E-state index in [4.69, 9.17) is 5.11 Å². The van der Waals surface area contributed by atoms with E-state index in [1.807, 2.05) is 0 Å². The number of amides is 1. The number of carbonyl (C=O) groups is 2. The van der Waals surface area contributed by atoms with E-state index in [2.05, 4.69) is 15.3 Å². The summed E-state index contributed by atoms with van der Waals surface area (Å²) in [7, 11) is 0. The Morgan fingerprint density at radius 3 is 2.76 bits per heavy atom. The number of rotatable bonds is 5. The number of nitrogens with one attached hydrogen (secondary N) is 1. The minimum atomic E-state index is -1.12. The molecule has 8 heteroatoms. The number of aromatic nitrogens is 2. The molecule has 3 rings (SSSR count). The van der Waals surface area contributed by atoms with Crippen LogP contribution in [0, 0.1) is 5.82 Å². The molecule has 0 unspecified atom stereocenters. The van der Waals surface area contributed by atoms with Crippen molar-refractivity contribution in [3.8, 4) is 11.1 Å². The van der Waals surface area contributed by atoms with Gasteiger partial charge in [-0.15, -0.1) is 11.3 Å². The number of carbonyl (C=O) groups excluding carboxylic acids is 1. The zero-order valence-corrected chi connectivity index (χ0v) is 13.6. The van der Waals surface area contributed by atoms with Crippen LogP contribution < -0.4 is 5.32 Å². The molecule has 2 N–H and O–H groups in total. The van der Waals surface area contributed by atoms with Crippen molar-refractivity contribution in [3.05, 3.63) is 70.2 Å². The van der Waals surface area contributed by atoms with Gasteiger partial charge >= 0.3 is 5.97 Å². The highest BCUT2D eigenvalue weighted by atomic mass is 32.1. The Balaban J connectivity index is 1.73. The highest BCUT2D eigenvalue weighted by Gasteiger charge is 2.12. The van der Waals surface area contributed by atoms with Crippen LogP contribution in [0.1, 0.15) is 25.9 Å². The van der Waals surface area contributed by atoms with Crippen molar-refractivity contribution < 1.29 is 19.1 Å². The van der Waals surface area contributed by atoms with Gasteiger partial charge in [-0.3, -0.25) is 9.78 Å². The predicted molar refractivity (Wildman–Crippen MR) is 89.9 cm³/mol. The van der Waals surface area contributed by atoms with Crippen LogP contribution in [-0.4, -0.2) is 27.0 Å².